The van der Waals surface area contributed by atoms with E-state index in [1.54, 1.807) is 25.7 Å². The number of methoxy groups -OCH3 is 1. The van der Waals surface area contributed by atoms with E-state index in [1.165, 1.54) is 0 Å². The summed E-state index contributed by atoms with van der Waals surface area (Å²) in [6, 6.07) is 1.03. The highest BCUT2D eigenvalue weighted by molar-refractivity contribution is 7.84. The van der Waals surface area contributed by atoms with Crippen molar-refractivity contribution in [2.75, 3.05) is 93.2 Å². The average molecular weight is 603 g/mol. The molecule has 0 aromatic heterocycles. The third-order valence-electron chi connectivity index (χ3n) is 7.15. The summed E-state index contributed by atoms with van der Waals surface area (Å²) >= 11 is 0. The highest BCUT2D eigenvalue weighted by atomic mass is 32.2. The van der Waals surface area contributed by atoms with E-state index < -0.39 is 40.3 Å². The number of ether oxygens (including phenoxy) is 1. The maximum absolute atomic E-state index is 11.8. The van der Waals surface area contributed by atoms with Gasteiger partial charge < -0.3 is 31.1 Å². The van der Waals surface area contributed by atoms with Gasteiger partial charge >= 0.3 is 16.4 Å². The first kappa shape index (κ1) is 37.9. The maximum atomic E-state index is 11.8. The zero-order valence-electron chi connectivity index (χ0n) is 25.0. The van der Waals surface area contributed by atoms with E-state index in [4.69, 9.17) is 23.3 Å². The molecule has 2 fully saturated rings. The second-order valence-electron chi connectivity index (χ2n) is 9.53. The number of nitrogens with zero attached hydrogens (tertiary/aromatic N) is 8. The number of hydrogen-bond acceptors (Lipinski definition) is 11. The summed E-state index contributed by atoms with van der Waals surface area (Å²) in [5, 5.41) is 19.5. The Kier molecular flexibility index (Phi) is 17.0. The molecule has 16 nitrogen and oxygen atoms in total. The van der Waals surface area contributed by atoms with Crippen molar-refractivity contribution in [1.29, 1.82) is 5.26 Å². The number of carbonyl (C=O) groups excluding carboxylic acids is 2. The number of piperazine rings is 2. The molecule has 2 saturated heterocycles. The largest absolute Gasteiger partial charge is 0.603 e. The van der Waals surface area contributed by atoms with Crippen LogP contribution < -0.4 is 16.6 Å². The van der Waals surface area contributed by atoms with Crippen molar-refractivity contribution in [3.63, 3.8) is 0 Å². The second-order valence-corrected chi connectivity index (χ2v) is 11.4. The van der Waals surface area contributed by atoms with Crippen LogP contribution in [0.25, 0.3) is 4.85 Å². The summed E-state index contributed by atoms with van der Waals surface area (Å²) in [4.78, 5) is 33.2. The number of quaternary nitrogens is 1. The molecule has 2 heterocycles. The number of amides is 2. The third kappa shape index (κ3) is 11.8. The Morgan fingerprint density at radius 3 is 1.66 bits per heavy atom. The summed E-state index contributed by atoms with van der Waals surface area (Å²) < 4.78 is 30.7. The van der Waals surface area contributed by atoms with Crippen LogP contribution in [0.3, 0.4) is 0 Å². The molecule has 0 aliphatic carbocycles. The first-order valence-corrected chi connectivity index (χ1v) is 14.7. The average Bonchev–Trinajstić information content (AvgIpc) is 2.93. The van der Waals surface area contributed by atoms with Gasteiger partial charge in [0.1, 0.15) is 0 Å². The minimum Gasteiger partial charge on any atom is -0.603 e. The molecule has 1 unspecified atom stereocenters. The standard InChI is InChI=1S/C8H16N4O2.C8H12N4.C8H18N2O4S/c1-11-2-4-12(5-3-11)6(7(9)13)8(10)14;1-10-8(7-9)12-5-3-11(2)4-6-12;1-5-10(6-2,7-3)15(12,13)9-8(11)14-4/h6H,2-5H2,1H3,(H2,9,13)(H2,10,14);8H,3-6H2,2H3;5-7H2,1-4H3. The highest BCUT2D eigenvalue weighted by Gasteiger charge is 2.37. The minimum absolute atomic E-state index is 0.234. The Morgan fingerprint density at radius 2 is 1.37 bits per heavy atom. The number of likely N-dealkylation sites (N-methyl/N-ethyl adjacent to an activating group) is 2. The van der Waals surface area contributed by atoms with Crippen molar-refractivity contribution >= 4 is 28.1 Å². The van der Waals surface area contributed by atoms with Gasteiger partial charge in [0.2, 0.25) is 11.8 Å². The molecule has 234 valence electrons. The lowest BCUT2D eigenvalue weighted by molar-refractivity contribution is -0.800. The SMILES string of the molecule is CC[N+](CC)(CC)S(=O)(=O)N=C([O-])OC.CN1CCN(C(C(N)=O)C(N)=O)CC1.[C-]#[N+]C(C#N)N1CCN(C)CC1. The number of primary amides is 2. The number of rotatable bonds is 9. The second kappa shape index (κ2) is 18.4. The number of nitriles is 1. The molecule has 1 atom stereocenters. The van der Waals surface area contributed by atoms with Crippen molar-refractivity contribution < 1.29 is 31.7 Å². The molecule has 41 heavy (non-hydrogen) atoms. The zero-order valence-corrected chi connectivity index (χ0v) is 25.8. The van der Waals surface area contributed by atoms with Crippen LogP contribution in [0.4, 0.5) is 0 Å². The molecule has 2 rings (SSSR count). The van der Waals surface area contributed by atoms with Crippen LogP contribution in [-0.4, -0.2) is 155 Å². The molecule has 0 saturated carbocycles. The lowest BCUT2D eigenvalue weighted by atomic mass is 10.2. The number of hydrogen-bond donors (Lipinski definition) is 2. The Bertz CT molecular complexity index is 1000. The lowest BCUT2D eigenvalue weighted by Gasteiger charge is -2.35. The Labute approximate surface area is 244 Å². The van der Waals surface area contributed by atoms with Gasteiger partial charge in [-0.25, -0.2) is 11.5 Å². The quantitative estimate of drug-likeness (QED) is 0.0896. The van der Waals surface area contributed by atoms with Crippen molar-refractivity contribution in [3.05, 3.63) is 11.4 Å². The molecule has 4 N–H and O–H groups in total. The van der Waals surface area contributed by atoms with Gasteiger partial charge in [-0.2, -0.15) is 9.15 Å². The molecule has 0 radical (unpaired) electrons. The van der Waals surface area contributed by atoms with E-state index in [2.05, 4.69) is 30.8 Å². The summed E-state index contributed by atoms with van der Waals surface area (Å²) in [5.74, 6) is -1.33. The van der Waals surface area contributed by atoms with Gasteiger partial charge in [-0.1, -0.05) is 4.40 Å². The van der Waals surface area contributed by atoms with E-state index in [0.29, 0.717) is 32.7 Å². The predicted molar refractivity (Wildman–Crippen MR) is 152 cm³/mol. The van der Waals surface area contributed by atoms with Gasteiger partial charge in [0.25, 0.3) is 0 Å². The molecule has 2 amide bonds. The Balaban J connectivity index is 0.000000588. The zero-order chi connectivity index (χ0) is 31.8. The Hall–Kier alpha value is -3.06. The van der Waals surface area contributed by atoms with Gasteiger partial charge in [0, 0.05) is 52.4 Å². The van der Waals surface area contributed by atoms with Crippen LogP contribution in [-0.2, 0) is 24.5 Å². The molecule has 0 spiro atoms. The van der Waals surface area contributed by atoms with E-state index in [-0.39, 0.29) is 3.89 Å². The van der Waals surface area contributed by atoms with Crippen LogP contribution in [0.5, 0.6) is 0 Å². The van der Waals surface area contributed by atoms with Crippen LogP contribution in [0.1, 0.15) is 20.8 Å². The molecule has 2 aliphatic heterocycles. The molecule has 0 aromatic carbocycles. The lowest BCUT2D eigenvalue weighted by Crippen LogP contribution is -2.58. The number of nitrogens with two attached hydrogens (primary N) is 2. The van der Waals surface area contributed by atoms with Crippen molar-refractivity contribution in [2.24, 2.45) is 15.9 Å². The monoisotopic (exact) mass is 602 g/mol. The molecular weight excluding hydrogens is 556 g/mol. The molecule has 2 aliphatic rings. The van der Waals surface area contributed by atoms with Gasteiger partial charge in [0.05, 0.1) is 19.6 Å². The Morgan fingerprint density at radius 1 is 0.976 bits per heavy atom. The minimum atomic E-state index is -3.86. The van der Waals surface area contributed by atoms with E-state index in [9.17, 15) is 23.1 Å². The van der Waals surface area contributed by atoms with Crippen LogP contribution in [0.15, 0.2) is 4.40 Å². The van der Waals surface area contributed by atoms with Crippen LogP contribution >= 0.6 is 0 Å². The fourth-order valence-electron chi connectivity index (χ4n) is 4.22. The summed E-state index contributed by atoms with van der Waals surface area (Å²) in [7, 11) is 1.28. The highest BCUT2D eigenvalue weighted by Crippen LogP contribution is 2.16. The van der Waals surface area contributed by atoms with Crippen molar-refractivity contribution in [2.45, 2.75) is 33.0 Å². The van der Waals surface area contributed by atoms with Crippen LogP contribution in [0, 0.1) is 17.9 Å². The smallest absolute Gasteiger partial charge is 0.416 e. The van der Waals surface area contributed by atoms with Gasteiger partial charge in [0.15, 0.2) is 18.2 Å². The molecular formula is C24H46N10O6S. The fourth-order valence-corrected chi connectivity index (χ4v) is 5.63. The van der Waals surface area contributed by atoms with Gasteiger partial charge in [-0.05, 0) is 42.0 Å². The first-order valence-electron chi connectivity index (χ1n) is 13.3. The fraction of sp³-hybridized carbons (Fsp3) is 0.792. The summed E-state index contributed by atoms with van der Waals surface area (Å²) in [6.45, 7) is 19.6. The third-order valence-corrected chi connectivity index (χ3v) is 9.28. The van der Waals surface area contributed by atoms with Crippen LogP contribution in [0.2, 0.25) is 0 Å². The molecule has 17 heteroatoms. The number of carbonyl (C=O) groups is 2. The van der Waals surface area contributed by atoms with E-state index in [0.717, 1.165) is 46.4 Å². The maximum Gasteiger partial charge on any atom is 0.416 e. The first-order chi connectivity index (χ1) is 19.2. The summed E-state index contributed by atoms with van der Waals surface area (Å²) in [6.07, 6.45) is -1.65. The van der Waals surface area contributed by atoms with Crippen molar-refractivity contribution in [1.82, 2.24) is 19.6 Å². The molecule has 0 aromatic rings. The topological polar surface area (TPSA) is 206 Å². The van der Waals surface area contributed by atoms with Gasteiger partial charge in [-0.3, -0.25) is 19.3 Å². The summed E-state index contributed by atoms with van der Waals surface area (Å²) in [5.41, 5.74) is 10.2. The normalized spacial score (nSPS) is 18.5. The molecule has 0 bridgehead atoms. The van der Waals surface area contributed by atoms with Crippen molar-refractivity contribution in [3.8, 4) is 6.07 Å². The van der Waals surface area contributed by atoms with E-state index >= 15 is 0 Å². The van der Waals surface area contributed by atoms with E-state index in [1.807, 2.05) is 18.0 Å². The van der Waals surface area contributed by atoms with Gasteiger partial charge in [-0.15, -0.1) is 8.42 Å². The predicted octanol–water partition coefficient (Wildman–Crippen LogP) is -2.95.